The van der Waals surface area contributed by atoms with Crippen LogP contribution in [0.2, 0.25) is 0 Å². The van der Waals surface area contributed by atoms with Crippen molar-refractivity contribution in [2.75, 3.05) is 6.54 Å². The van der Waals surface area contributed by atoms with E-state index in [1.807, 2.05) is 0 Å². The lowest BCUT2D eigenvalue weighted by Crippen LogP contribution is -2.26. The van der Waals surface area contributed by atoms with Crippen LogP contribution in [0.5, 0.6) is 5.75 Å². The summed E-state index contributed by atoms with van der Waals surface area (Å²) in [6.45, 7) is 0.213. The molecule has 13 nitrogen and oxygen atoms in total. The average molecular weight is 519 g/mol. The second-order valence-corrected chi connectivity index (χ2v) is 7.73. The predicted octanol–water partition coefficient (Wildman–Crippen LogP) is 3.38. The van der Waals surface area contributed by atoms with Crippen molar-refractivity contribution >= 4 is 35.4 Å². The number of esters is 1. The summed E-state index contributed by atoms with van der Waals surface area (Å²) in [4.78, 5) is 56.7. The van der Waals surface area contributed by atoms with Crippen LogP contribution in [0.25, 0.3) is 0 Å². The highest BCUT2D eigenvalue weighted by atomic mass is 16.6. The molecule has 0 unspecified atom stereocenters. The van der Waals surface area contributed by atoms with Crippen LogP contribution in [0.15, 0.2) is 77.9 Å². The smallest absolute Gasteiger partial charge is 0.343 e. The number of hydrogen-bond donors (Lipinski definition) is 2. The van der Waals surface area contributed by atoms with Crippen molar-refractivity contribution in [2.24, 2.45) is 5.10 Å². The van der Waals surface area contributed by atoms with Crippen LogP contribution < -0.4 is 15.5 Å². The molecular formula is C25H21N5O8. The average Bonchev–Trinajstić information content (AvgIpc) is 2.91. The first kappa shape index (κ1) is 27.1. The van der Waals surface area contributed by atoms with Gasteiger partial charge in [0.25, 0.3) is 17.3 Å². The van der Waals surface area contributed by atoms with Gasteiger partial charge in [-0.2, -0.15) is 5.10 Å². The summed E-state index contributed by atoms with van der Waals surface area (Å²) in [7, 11) is 0. The zero-order valence-corrected chi connectivity index (χ0v) is 19.7. The maximum Gasteiger partial charge on any atom is 0.343 e. The quantitative estimate of drug-likeness (QED) is 0.0964. The van der Waals surface area contributed by atoms with E-state index in [4.69, 9.17) is 4.74 Å². The van der Waals surface area contributed by atoms with E-state index in [-0.39, 0.29) is 47.1 Å². The normalized spacial score (nSPS) is 10.5. The summed E-state index contributed by atoms with van der Waals surface area (Å²) in [5.74, 6) is -1.39. The molecule has 3 rings (SSSR count). The summed E-state index contributed by atoms with van der Waals surface area (Å²) >= 11 is 0. The lowest BCUT2D eigenvalue weighted by molar-refractivity contribution is -0.385. The third kappa shape index (κ3) is 8.05. The van der Waals surface area contributed by atoms with E-state index in [0.717, 1.165) is 6.07 Å². The number of ether oxygens (including phenoxy) is 1. The van der Waals surface area contributed by atoms with Gasteiger partial charge in [-0.25, -0.2) is 10.2 Å². The van der Waals surface area contributed by atoms with Gasteiger partial charge in [0.2, 0.25) is 5.91 Å². The molecule has 2 N–H and O–H groups in total. The van der Waals surface area contributed by atoms with Crippen molar-refractivity contribution in [3.05, 3.63) is 110 Å². The van der Waals surface area contributed by atoms with Gasteiger partial charge in [-0.15, -0.1) is 0 Å². The van der Waals surface area contributed by atoms with Crippen molar-refractivity contribution in [3.63, 3.8) is 0 Å². The minimum atomic E-state index is -0.767. The number of amides is 2. The van der Waals surface area contributed by atoms with E-state index < -0.39 is 21.7 Å². The van der Waals surface area contributed by atoms with Crippen LogP contribution in [0.3, 0.4) is 0 Å². The Kier molecular flexibility index (Phi) is 9.29. The molecule has 3 aromatic rings. The second kappa shape index (κ2) is 13.0. The fourth-order valence-electron chi connectivity index (χ4n) is 3.09. The van der Waals surface area contributed by atoms with Crippen LogP contribution in [-0.2, 0) is 4.79 Å². The first-order chi connectivity index (χ1) is 18.2. The molecule has 2 amide bonds. The maximum absolute atomic E-state index is 12.3. The molecule has 38 heavy (non-hydrogen) atoms. The summed E-state index contributed by atoms with van der Waals surface area (Å²) in [6, 6.07) is 16.6. The Morgan fingerprint density at radius 3 is 2.29 bits per heavy atom. The molecule has 0 atom stereocenters. The van der Waals surface area contributed by atoms with Crippen LogP contribution in [-0.4, -0.2) is 40.4 Å². The summed E-state index contributed by atoms with van der Waals surface area (Å²) in [5.41, 5.74) is 2.81. The summed E-state index contributed by atoms with van der Waals surface area (Å²) in [5, 5.41) is 28.0. The van der Waals surface area contributed by atoms with Gasteiger partial charge in [-0.05, 0) is 42.3 Å². The number of rotatable bonds is 11. The predicted molar refractivity (Wildman–Crippen MR) is 135 cm³/mol. The first-order valence-electron chi connectivity index (χ1n) is 11.1. The second-order valence-electron chi connectivity index (χ2n) is 7.73. The maximum atomic E-state index is 12.3. The molecule has 0 bridgehead atoms. The minimum absolute atomic E-state index is 0.0227. The molecule has 0 saturated heterocycles. The van der Waals surface area contributed by atoms with Gasteiger partial charge in [0.1, 0.15) is 5.75 Å². The molecular weight excluding hydrogens is 498 g/mol. The van der Waals surface area contributed by atoms with E-state index in [1.54, 1.807) is 12.1 Å². The molecule has 0 aliphatic carbocycles. The Bertz CT molecular complexity index is 1390. The molecule has 0 fully saturated rings. The van der Waals surface area contributed by atoms with Crippen LogP contribution in [0, 0.1) is 20.2 Å². The van der Waals surface area contributed by atoms with Crippen molar-refractivity contribution in [1.82, 2.24) is 10.7 Å². The SMILES string of the molecule is O=C(CCCNC(=O)c1ccc([N+](=O)[O-])cc1)NN=Cc1cccc(OC(=O)c2cccc([N+](=O)[O-])c2)c1. The number of non-ortho nitro benzene ring substituents is 2. The number of nitro groups is 2. The monoisotopic (exact) mass is 519 g/mol. The fourth-order valence-corrected chi connectivity index (χ4v) is 3.09. The lowest BCUT2D eigenvalue weighted by atomic mass is 10.2. The fraction of sp³-hybridized carbons (Fsp3) is 0.120. The molecule has 3 aromatic carbocycles. The number of nitrogens with zero attached hydrogens (tertiary/aromatic N) is 3. The third-order valence-corrected chi connectivity index (χ3v) is 4.97. The highest BCUT2D eigenvalue weighted by Gasteiger charge is 2.14. The van der Waals surface area contributed by atoms with Crippen molar-refractivity contribution in [2.45, 2.75) is 12.8 Å². The van der Waals surface area contributed by atoms with Gasteiger partial charge < -0.3 is 10.1 Å². The van der Waals surface area contributed by atoms with Gasteiger partial charge in [0, 0.05) is 42.8 Å². The van der Waals surface area contributed by atoms with Gasteiger partial charge in [0.05, 0.1) is 21.6 Å². The molecule has 0 saturated carbocycles. The summed E-state index contributed by atoms with van der Waals surface area (Å²) < 4.78 is 5.26. The van der Waals surface area contributed by atoms with Crippen molar-refractivity contribution in [3.8, 4) is 5.75 Å². The zero-order chi connectivity index (χ0) is 27.5. The van der Waals surface area contributed by atoms with E-state index in [9.17, 15) is 34.6 Å². The largest absolute Gasteiger partial charge is 0.423 e. The third-order valence-electron chi connectivity index (χ3n) is 4.97. The molecule has 0 spiro atoms. The molecule has 0 aliphatic rings. The highest BCUT2D eigenvalue weighted by Crippen LogP contribution is 2.17. The summed E-state index contributed by atoms with van der Waals surface area (Å²) in [6.07, 6.45) is 1.76. The Morgan fingerprint density at radius 1 is 0.868 bits per heavy atom. The lowest BCUT2D eigenvalue weighted by Gasteiger charge is -2.05. The molecule has 13 heteroatoms. The standard InChI is InChI=1S/C25H21N5O8/c31-23(8-3-13-26-24(32)18-9-11-20(12-10-18)29(34)35)28-27-16-17-4-1-7-22(14-17)38-25(33)19-5-2-6-21(15-19)30(36)37/h1-2,4-7,9-12,14-16H,3,8,13H2,(H,26,32)(H,28,31). The van der Waals surface area contributed by atoms with Crippen molar-refractivity contribution < 1.29 is 29.0 Å². The Morgan fingerprint density at radius 2 is 1.58 bits per heavy atom. The number of benzene rings is 3. The molecule has 0 aliphatic heterocycles. The molecule has 0 heterocycles. The van der Waals surface area contributed by atoms with Gasteiger partial charge in [-0.3, -0.25) is 29.8 Å². The first-order valence-corrected chi connectivity index (χ1v) is 11.1. The zero-order valence-electron chi connectivity index (χ0n) is 19.7. The number of hydrazone groups is 1. The Balaban J connectivity index is 1.42. The minimum Gasteiger partial charge on any atom is -0.423 e. The Hall–Kier alpha value is -5.46. The number of carbonyl (C=O) groups is 3. The van der Waals surface area contributed by atoms with E-state index >= 15 is 0 Å². The van der Waals surface area contributed by atoms with Crippen LogP contribution in [0.4, 0.5) is 11.4 Å². The topological polar surface area (TPSA) is 183 Å². The number of nitrogens with one attached hydrogen (secondary N) is 2. The van der Waals surface area contributed by atoms with Crippen LogP contribution >= 0.6 is 0 Å². The van der Waals surface area contributed by atoms with Gasteiger partial charge in [-0.1, -0.05) is 18.2 Å². The number of nitro benzene ring substituents is 2. The number of hydrogen-bond acceptors (Lipinski definition) is 9. The van der Waals surface area contributed by atoms with E-state index in [2.05, 4.69) is 15.8 Å². The molecule has 0 radical (unpaired) electrons. The number of carbonyl (C=O) groups excluding carboxylic acids is 3. The highest BCUT2D eigenvalue weighted by molar-refractivity contribution is 5.94. The van der Waals surface area contributed by atoms with E-state index in [0.29, 0.717) is 12.0 Å². The van der Waals surface area contributed by atoms with E-state index in [1.165, 1.54) is 60.8 Å². The van der Waals surface area contributed by atoms with Crippen molar-refractivity contribution in [1.29, 1.82) is 0 Å². The molecule has 194 valence electrons. The Labute approximate surface area is 215 Å². The molecule has 0 aromatic heterocycles. The van der Waals surface area contributed by atoms with Crippen LogP contribution in [0.1, 0.15) is 39.1 Å². The van der Waals surface area contributed by atoms with Gasteiger partial charge in [0.15, 0.2) is 0 Å². The van der Waals surface area contributed by atoms with Gasteiger partial charge >= 0.3 is 5.97 Å².